The topological polar surface area (TPSA) is 104 Å². The lowest BCUT2D eigenvalue weighted by Gasteiger charge is -2.27. The molecule has 3 aromatic rings. The molecule has 0 aliphatic carbocycles. The number of benzene rings is 1. The van der Waals surface area contributed by atoms with Crippen LogP contribution in [0.3, 0.4) is 0 Å². The van der Waals surface area contributed by atoms with Crippen molar-refractivity contribution >= 4 is 23.1 Å². The van der Waals surface area contributed by atoms with Crippen molar-refractivity contribution in [1.82, 2.24) is 9.97 Å². The van der Waals surface area contributed by atoms with Crippen molar-refractivity contribution in [2.75, 3.05) is 5.32 Å². The van der Waals surface area contributed by atoms with E-state index in [1.54, 1.807) is 6.92 Å². The van der Waals surface area contributed by atoms with Crippen LogP contribution >= 0.6 is 11.3 Å². The maximum atomic E-state index is 13.1. The molecule has 0 fully saturated rings. The molecule has 1 aromatic carbocycles. The van der Waals surface area contributed by atoms with Gasteiger partial charge in [0.05, 0.1) is 17.1 Å². The third-order valence-electron chi connectivity index (χ3n) is 4.75. The highest BCUT2D eigenvalue weighted by molar-refractivity contribution is 7.12. The van der Waals surface area contributed by atoms with E-state index in [4.69, 9.17) is 4.74 Å². The predicted octanol–water partition coefficient (Wildman–Crippen LogP) is 3.01. The highest BCUT2D eigenvalue weighted by Crippen LogP contribution is 2.41. The van der Waals surface area contributed by atoms with Crippen molar-refractivity contribution in [3.63, 3.8) is 0 Å². The zero-order valence-electron chi connectivity index (χ0n) is 15.9. The first-order valence-corrected chi connectivity index (χ1v) is 9.87. The molecule has 4 rings (SSSR count). The number of anilines is 1. The Balaban J connectivity index is 1.77. The molecule has 3 N–H and O–H groups in total. The van der Waals surface area contributed by atoms with E-state index >= 15 is 0 Å². The third kappa shape index (κ3) is 3.66. The fourth-order valence-corrected chi connectivity index (χ4v) is 4.45. The maximum absolute atomic E-state index is 13.1. The standard InChI is InChI=1S/C21H19N3O4S/c1-11-8-9-14(29-11)16-15(20(26)28-10-13-6-4-3-5-7-13)12(2)22-18-17(16)19(25)24-21(27)23-18/h3-9,16H,10H2,1-2H3,(H3,22,23,24,25,27)/t16-/m1/s1. The van der Waals surface area contributed by atoms with E-state index in [0.29, 0.717) is 22.7 Å². The lowest BCUT2D eigenvalue weighted by molar-refractivity contribution is -0.140. The molecule has 0 bridgehead atoms. The summed E-state index contributed by atoms with van der Waals surface area (Å²) in [6.45, 7) is 3.81. The number of hydrogen-bond donors (Lipinski definition) is 3. The van der Waals surface area contributed by atoms with Crippen molar-refractivity contribution in [1.29, 1.82) is 0 Å². The van der Waals surface area contributed by atoms with Crippen LogP contribution in [0.4, 0.5) is 5.82 Å². The van der Waals surface area contributed by atoms with Gasteiger partial charge in [0.1, 0.15) is 12.4 Å². The van der Waals surface area contributed by atoms with Gasteiger partial charge in [-0.25, -0.2) is 9.59 Å². The summed E-state index contributed by atoms with van der Waals surface area (Å²) in [5.41, 5.74) is 0.914. The van der Waals surface area contributed by atoms with Crippen LogP contribution in [0, 0.1) is 6.92 Å². The Bertz CT molecular complexity index is 1220. The fraction of sp³-hybridized carbons (Fsp3) is 0.190. The average molecular weight is 409 g/mol. The molecule has 0 saturated carbocycles. The molecule has 0 radical (unpaired) electrons. The van der Waals surface area contributed by atoms with Gasteiger partial charge in [0.25, 0.3) is 5.56 Å². The minimum absolute atomic E-state index is 0.126. The Morgan fingerprint density at radius 1 is 1.07 bits per heavy atom. The zero-order valence-corrected chi connectivity index (χ0v) is 16.7. The summed E-state index contributed by atoms with van der Waals surface area (Å²) in [4.78, 5) is 44.2. The Morgan fingerprint density at radius 2 is 1.83 bits per heavy atom. The first-order chi connectivity index (χ1) is 13.9. The van der Waals surface area contributed by atoms with E-state index in [0.717, 1.165) is 15.3 Å². The molecule has 0 spiro atoms. The van der Waals surface area contributed by atoms with Gasteiger partial charge in [0, 0.05) is 15.5 Å². The lowest BCUT2D eigenvalue weighted by Crippen LogP contribution is -2.34. The quantitative estimate of drug-likeness (QED) is 0.575. The van der Waals surface area contributed by atoms with E-state index in [9.17, 15) is 14.4 Å². The molecule has 148 valence electrons. The number of ether oxygens (including phenoxy) is 1. The van der Waals surface area contributed by atoms with Crippen molar-refractivity contribution < 1.29 is 9.53 Å². The van der Waals surface area contributed by atoms with Crippen molar-refractivity contribution in [3.05, 3.63) is 95.5 Å². The number of aromatic amines is 2. The Labute approximate surface area is 170 Å². The Hall–Kier alpha value is -3.39. The number of nitrogens with one attached hydrogen (secondary N) is 3. The van der Waals surface area contributed by atoms with Gasteiger partial charge < -0.3 is 10.1 Å². The molecule has 1 aliphatic rings. The number of hydrogen-bond acceptors (Lipinski definition) is 6. The largest absolute Gasteiger partial charge is 0.457 e. The number of carbonyl (C=O) groups excluding carboxylic acids is 1. The van der Waals surface area contributed by atoms with Crippen LogP contribution in [0.15, 0.2) is 63.3 Å². The molecule has 7 nitrogen and oxygen atoms in total. The minimum atomic E-state index is -0.631. The molecule has 8 heteroatoms. The highest BCUT2D eigenvalue weighted by Gasteiger charge is 2.36. The molecule has 29 heavy (non-hydrogen) atoms. The molecular formula is C21H19N3O4S. The maximum Gasteiger partial charge on any atom is 0.337 e. The van der Waals surface area contributed by atoms with Gasteiger partial charge in [-0.1, -0.05) is 30.3 Å². The summed E-state index contributed by atoms with van der Waals surface area (Å²) in [6, 6.07) is 13.2. The first-order valence-electron chi connectivity index (χ1n) is 9.05. The van der Waals surface area contributed by atoms with Gasteiger partial charge in [-0.2, -0.15) is 0 Å². The van der Waals surface area contributed by atoms with Gasteiger partial charge in [0.2, 0.25) is 0 Å². The number of thiophene rings is 1. The second-order valence-electron chi connectivity index (χ2n) is 6.80. The SMILES string of the molecule is CC1=C(C(=O)OCc2ccccc2)[C@@H](c2ccc(C)s2)c2c([nH]c(=O)[nH]c2=O)N1. The smallest absolute Gasteiger partial charge is 0.337 e. The number of aryl methyl sites for hydroxylation is 1. The van der Waals surface area contributed by atoms with Gasteiger partial charge >= 0.3 is 11.7 Å². The van der Waals surface area contributed by atoms with Crippen LogP contribution in [0.1, 0.15) is 33.7 Å². The third-order valence-corrected chi connectivity index (χ3v) is 5.82. The second kappa shape index (κ2) is 7.56. The molecular weight excluding hydrogens is 390 g/mol. The summed E-state index contributed by atoms with van der Waals surface area (Å²) in [5.74, 6) is -0.841. The summed E-state index contributed by atoms with van der Waals surface area (Å²) in [7, 11) is 0. The number of aromatic nitrogens is 2. The van der Waals surface area contributed by atoms with Gasteiger partial charge in [-0.15, -0.1) is 11.3 Å². The lowest BCUT2D eigenvalue weighted by atomic mass is 9.86. The van der Waals surface area contributed by atoms with Crippen LogP contribution in [-0.4, -0.2) is 15.9 Å². The number of carbonyl (C=O) groups is 1. The average Bonchev–Trinajstić information content (AvgIpc) is 3.11. The molecule has 0 saturated heterocycles. The zero-order chi connectivity index (χ0) is 20.5. The highest BCUT2D eigenvalue weighted by atomic mass is 32.1. The van der Waals surface area contributed by atoms with Crippen molar-refractivity contribution in [3.8, 4) is 0 Å². The Kier molecular flexibility index (Phi) is 4.94. The number of esters is 1. The predicted molar refractivity (Wildman–Crippen MR) is 111 cm³/mol. The van der Waals surface area contributed by atoms with Crippen LogP contribution in [0.2, 0.25) is 0 Å². The fourth-order valence-electron chi connectivity index (χ4n) is 3.45. The molecule has 1 aliphatic heterocycles. The minimum Gasteiger partial charge on any atom is -0.457 e. The summed E-state index contributed by atoms with van der Waals surface area (Å²) in [5, 5.41) is 2.99. The normalized spacial score (nSPS) is 15.6. The molecule has 2 aromatic heterocycles. The van der Waals surface area contributed by atoms with Crippen LogP contribution in [0.5, 0.6) is 0 Å². The summed E-state index contributed by atoms with van der Waals surface area (Å²) < 4.78 is 5.56. The van der Waals surface area contributed by atoms with E-state index < -0.39 is 23.1 Å². The first kappa shape index (κ1) is 18.9. The second-order valence-corrected chi connectivity index (χ2v) is 8.12. The van der Waals surface area contributed by atoms with Crippen LogP contribution in [0.25, 0.3) is 0 Å². The summed E-state index contributed by atoms with van der Waals surface area (Å²) >= 11 is 1.49. The number of allylic oxidation sites excluding steroid dienone is 1. The van der Waals surface area contributed by atoms with Crippen LogP contribution < -0.4 is 16.6 Å². The summed E-state index contributed by atoms with van der Waals surface area (Å²) in [6.07, 6.45) is 0. The number of fused-ring (bicyclic) bond motifs is 1. The van der Waals surface area contributed by atoms with E-state index in [2.05, 4.69) is 15.3 Å². The van der Waals surface area contributed by atoms with Crippen molar-refractivity contribution in [2.24, 2.45) is 0 Å². The van der Waals surface area contributed by atoms with Gasteiger partial charge in [-0.3, -0.25) is 14.8 Å². The van der Waals surface area contributed by atoms with E-state index in [1.807, 2.05) is 49.4 Å². The van der Waals surface area contributed by atoms with Gasteiger partial charge in [-0.05, 0) is 31.5 Å². The van der Waals surface area contributed by atoms with E-state index in [1.165, 1.54) is 11.3 Å². The number of H-pyrrole nitrogens is 2. The monoisotopic (exact) mass is 409 g/mol. The van der Waals surface area contributed by atoms with Crippen molar-refractivity contribution in [2.45, 2.75) is 26.4 Å². The molecule has 0 amide bonds. The molecule has 3 heterocycles. The van der Waals surface area contributed by atoms with Crippen LogP contribution in [-0.2, 0) is 16.1 Å². The molecule has 1 atom stereocenters. The van der Waals surface area contributed by atoms with E-state index in [-0.39, 0.29) is 6.61 Å². The van der Waals surface area contributed by atoms with Gasteiger partial charge in [0.15, 0.2) is 0 Å². The number of rotatable bonds is 4. The molecule has 0 unspecified atom stereocenters. The Morgan fingerprint density at radius 3 is 2.52 bits per heavy atom.